The number of hydrogen-bond acceptors (Lipinski definition) is 4. The number of rotatable bonds is 1. The average Bonchev–Trinajstić information content (AvgIpc) is 2.60. The Balaban J connectivity index is 2.24. The Bertz CT molecular complexity index is 286. The van der Waals surface area contributed by atoms with Crippen molar-refractivity contribution in [2.24, 2.45) is 7.05 Å². The molecule has 2 heterocycles. The predicted molar refractivity (Wildman–Crippen MR) is 50.2 cm³/mol. The summed E-state index contributed by atoms with van der Waals surface area (Å²) in [6.45, 7) is 3.20. The molecule has 5 nitrogen and oxygen atoms in total. The third kappa shape index (κ3) is 1.39. The number of nitrogens with zero attached hydrogens (tertiary/aromatic N) is 3. The second-order valence-corrected chi connectivity index (χ2v) is 3.59. The van der Waals surface area contributed by atoms with Crippen molar-refractivity contribution in [2.75, 3.05) is 12.3 Å². The lowest BCUT2D eigenvalue weighted by Crippen LogP contribution is -2.22. The summed E-state index contributed by atoms with van der Waals surface area (Å²) < 4.78 is 1.63. The highest BCUT2D eigenvalue weighted by atomic mass is 15.4. The second kappa shape index (κ2) is 2.99. The van der Waals surface area contributed by atoms with E-state index in [0.717, 1.165) is 18.8 Å². The summed E-state index contributed by atoms with van der Waals surface area (Å²) in [6.07, 6.45) is 1.10. The quantitative estimate of drug-likeness (QED) is 0.633. The molecular weight excluding hydrogens is 166 g/mol. The highest BCUT2D eigenvalue weighted by Gasteiger charge is 2.27. The van der Waals surface area contributed by atoms with Gasteiger partial charge in [-0.2, -0.15) is 10.1 Å². The number of anilines is 1. The summed E-state index contributed by atoms with van der Waals surface area (Å²) in [5.41, 5.74) is 5.62. The van der Waals surface area contributed by atoms with E-state index in [4.69, 9.17) is 5.73 Å². The van der Waals surface area contributed by atoms with E-state index in [1.807, 2.05) is 7.05 Å². The topological polar surface area (TPSA) is 68.8 Å². The summed E-state index contributed by atoms with van der Waals surface area (Å²) in [6, 6.07) is 0.460. The molecule has 72 valence electrons. The van der Waals surface area contributed by atoms with Crippen LogP contribution < -0.4 is 11.1 Å². The van der Waals surface area contributed by atoms with Crippen molar-refractivity contribution in [1.29, 1.82) is 0 Å². The van der Waals surface area contributed by atoms with Crippen LogP contribution in [0.25, 0.3) is 0 Å². The van der Waals surface area contributed by atoms with Gasteiger partial charge in [0.15, 0.2) is 5.82 Å². The Kier molecular flexibility index (Phi) is 1.95. The normalized spacial score (nSPS) is 28.2. The molecule has 5 heteroatoms. The first-order valence-corrected chi connectivity index (χ1v) is 4.58. The predicted octanol–water partition coefficient (Wildman–Crippen LogP) is -0.137. The van der Waals surface area contributed by atoms with Crippen LogP contribution in [0.2, 0.25) is 0 Å². The lowest BCUT2D eigenvalue weighted by molar-refractivity contribution is 0.563. The molecule has 3 N–H and O–H groups in total. The highest BCUT2D eigenvalue weighted by Crippen LogP contribution is 2.24. The van der Waals surface area contributed by atoms with Crippen molar-refractivity contribution in [3.63, 3.8) is 0 Å². The zero-order valence-electron chi connectivity index (χ0n) is 7.99. The van der Waals surface area contributed by atoms with Crippen molar-refractivity contribution < 1.29 is 0 Å². The molecule has 1 aliphatic rings. The summed E-state index contributed by atoms with van der Waals surface area (Å²) in [5.74, 6) is 1.79. The van der Waals surface area contributed by atoms with Gasteiger partial charge in [0.05, 0.1) is 0 Å². The number of nitrogens with one attached hydrogen (secondary N) is 1. The minimum atomic E-state index is 0.420. The second-order valence-electron chi connectivity index (χ2n) is 3.59. The number of nitrogen functional groups attached to an aromatic ring is 1. The SMILES string of the molecule is CC1NCCC1c1nc(N)n(C)n1. The van der Waals surface area contributed by atoms with Crippen LogP contribution in [-0.2, 0) is 7.05 Å². The van der Waals surface area contributed by atoms with Gasteiger partial charge >= 0.3 is 0 Å². The summed E-state index contributed by atoms with van der Waals surface area (Å²) in [5, 5.41) is 7.65. The van der Waals surface area contributed by atoms with Crippen LogP contribution >= 0.6 is 0 Å². The fourth-order valence-corrected chi connectivity index (χ4v) is 1.79. The fraction of sp³-hybridized carbons (Fsp3) is 0.750. The van der Waals surface area contributed by atoms with E-state index in [1.165, 1.54) is 0 Å². The maximum atomic E-state index is 5.62. The lowest BCUT2D eigenvalue weighted by atomic mass is 10.0. The maximum Gasteiger partial charge on any atom is 0.218 e. The molecule has 0 amide bonds. The van der Waals surface area contributed by atoms with Crippen molar-refractivity contribution in [2.45, 2.75) is 25.3 Å². The van der Waals surface area contributed by atoms with Crippen molar-refractivity contribution >= 4 is 5.95 Å². The molecule has 2 atom stereocenters. The Morgan fingerprint density at radius 2 is 2.38 bits per heavy atom. The molecule has 1 aromatic heterocycles. The van der Waals surface area contributed by atoms with E-state index in [0.29, 0.717) is 17.9 Å². The third-order valence-corrected chi connectivity index (χ3v) is 2.67. The molecule has 1 aromatic rings. The molecule has 0 bridgehead atoms. The number of hydrogen-bond donors (Lipinski definition) is 2. The summed E-state index contributed by atoms with van der Waals surface area (Å²) >= 11 is 0. The molecule has 2 unspecified atom stereocenters. The first-order valence-electron chi connectivity index (χ1n) is 4.58. The van der Waals surface area contributed by atoms with E-state index in [9.17, 15) is 0 Å². The first-order chi connectivity index (χ1) is 6.18. The molecule has 0 spiro atoms. The van der Waals surface area contributed by atoms with Gasteiger partial charge in [-0.15, -0.1) is 0 Å². The summed E-state index contributed by atoms with van der Waals surface area (Å²) in [4.78, 5) is 4.23. The molecule has 0 radical (unpaired) electrons. The molecule has 2 rings (SSSR count). The van der Waals surface area contributed by atoms with Crippen LogP contribution in [0.5, 0.6) is 0 Å². The van der Waals surface area contributed by atoms with Gasteiger partial charge < -0.3 is 11.1 Å². The fourth-order valence-electron chi connectivity index (χ4n) is 1.79. The van der Waals surface area contributed by atoms with Crippen LogP contribution in [0.1, 0.15) is 25.1 Å². The Morgan fingerprint density at radius 1 is 1.62 bits per heavy atom. The highest BCUT2D eigenvalue weighted by molar-refractivity contribution is 5.18. The van der Waals surface area contributed by atoms with Crippen LogP contribution in [0.15, 0.2) is 0 Å². The number of nitrogens with two attached hydrogens (primary N) is 1. The van der Waals surface area contributed by atoms with Gasteiger partial charge in [-0.25, -0.2) is 4.68 Å². The van der Waals surface area contributed by atoms with Crippen LogP contribution in [-0.4, -0.2) is 27.4 Å². The Morgan fingerprint density at radius 3 is 2.85 bits per heavy atom. The molecule has 0 saturated carbocycles. The average molecular weight is 181 g/mol. The molecule has 1 saturated heterocycles. The summed E-state index contributed by atoms with van der Waals surface area (Å²) in [7, 11) is 1.82. The van der Waals surface area contributed by atoms with Crippen molar-refractivity contribution in [3.8, 4) is 0 Å². The van der Waals surface area contributed by atoms with Gasteiger partial charge in [-0.1, -0.05) is 0 Å². The van der Waals surface area contributed by atoms with Crippen LogP contribution in [0.3, 0.4) is 0 Å². The minimum Gasteiger partial charge on any atom is -0.368 e. The van der Waals surface area contributed by atoms with E-state index in [2.05, 4.69) is 22.3 Å². The third-order valence-electron chi connectivity index (χ3n) is 2.67. The van der Waals surface area contributed by atoms with E-state index in [1.54, 1.807) is 4.68 Å². The molecular formula is C8H15N5. The number of aryl methyl sites for hydroxylation is 1. The van der Waals surface area contributed by atoms with Gasteiger partial charge in [0, 0.05) is 19.0 Å². The van der Waals surface area contributed by atoms with Gasteiger partial charge in [-0.3, -0.25) is 0 Å². The maximum absolute atomic E-state index is 5.62. The first kappa shape index (κ1) is 8.50. The zero-order chi connectivity index (χ0) is 9.42. The van der Waals surface area contributed by atoms with Crippen molar-refractivity contribution in [1.82, 2.24) is 20.1 Å². The molecule has 13 heavy (non-hydrogen) atoms. The van der Waals surface area contributed by atoms with E-state index >= 15 is 0 Å². The van der Waals surface area contributed by atoms with Crippen LogP contribution in [0, 0.1) is 0 Å². The van der Waals surface area contributed by atoms with Gasteiger partial charge in [0.25, 0.3) is 0 Å². The standard InChI is InChI=1S/C8H15N5/c1-5-6(3-4-10-5)7-11-8(9)13(2)12-7/h5-6,10H,3-4H2,1-2H3,(H2,9,11,12). The smallest absolute Gasteiger partial charge is 0.218 e. The molecule has 0 aliphatic carbocycles. The number of aromatic nitrogens is 3. The molecule has 1 aliphatic heterocycles. The van der Waals surface area contributed by atoms with Gasteiger partial charge in [0.2, 0.25) is 5.95 Å². The van der Waals surface area contributed by atoms with E-state index < -0.39 is 0 Å². The monoisotopic (exact) mass is 181 g/mol. The largest absolute Gasteiger partial charge is 0.368 e. The minimum absolute atomic E-state index is 0.420. The van der Waals surface area contributed by atoms with Gasteiger partial charge in [-0.05, 0) is 19.9 Å². The van der Waals surface area contributed by atoms with Crippen molar-refractivity contribution in [3.05, 3.63) is 5.82 Å². The molecule has 0 aromatic carbocycles. The van der Waals surface area contributed by atoms with E-state index in [-0.39, 0.29) is 0 Å². The Labute approximate surface area is 77.3 Å². The lowest BCUT2D eigenvalue weighted by Gasteiger charge is -2.09. The van der Waals surface area contributed by atoms with Crippen LogP contribution in [0.4, 0.5) is 5.95 Å². The zero-order valence-corrected chi connectivity index (χ0v) is 7.99. The molecule has 1 fully saturated rings. The Hall–Kier alpha value is -1.10. The van der Waals surface area contributed by atoms with Gasteiger partial charge in [0.1, 0.15) is 0 Å².